The summed E-state index contributed by atoms with van der Waals surface area (Å²) in [4.78, 5) is 13.4. The number of carbonyl (C=O) groups excluding carboxylic acids is 1. The van der Waals surface area contributed by atoms with Crippen molar-refractivity contribution in [3.05, 3.63) is 82.2 Å². The Bertz CT molecular complexity index is 1250. The first-order valence-electron chi connectivity index (χ1n) is 9.40. The zero-order chi connectivity index (χ0) is 20.7. The average Bonchev–Trinajstić information content (AvgIpc) is 3.45. The highest BCUT2D eigenvalue weighted by Gasteiger charge is 2.28. The van der Waals surface area contributed by atoms with Crippen LogP contribution in [0, 0.1) is 6.92 Å². The van der Waals surface area contributed by atoms with E-state index in [0.29, 0.717) is 33.4 Å². The van der Waals surface area contributed by atoms with E-state index in [0.717, 1.165) is 28.5 Å². The highest BCUT2D eigenvalue weighted by Crippen LogP contribution is 2.37. The molecule has 0 atom stereocenters. The number of aryl methyl sites for hydroxylation is 1. The van der Waals surface area contributed by atoms with E-state index in [4.69, 9.17) is 21.2 Å². The number of carbonyl (C=O) groups is 1. The van der Waals surface area contributed by atoms with E-state index in [1.54, 1.807) is 29.4 Å². The molecule has 0 saturated heterocycles. The fourth-order valence-corrected chi connectivity index (χ4v) is 4.80. The Hall–Kier alpha value is -3.03. The van der Waals surface area contributed by atoms with Gasteiger partial charge in [-0.3, -0.25) is 4.79 Å². The molecule has 1 amide bonds. The van der Waals surface area contributed by atoms with Crippen molar-refractivity contribution >= 4 is 35.1 Å². The molecule has 0 fully saturated rings. The second-order valence-electron chi connectivity index (χ2n) is 6.91. The normalized spacial score (nSPS) is 12.7. The van der Waals surface area contributed by atoms with Gasteiger partial charge in [-0.05, 0) is 25.1 Å². The molecule has 6 nitrogen and oxygen atoms in total. The summed E-state index contributed by atoms with van der Waals surface area (Å²) in [5, 5.41) is 12.4. The maximum atomic E-state index is 13.4. The van der Waals surface area contributed by atoms with E-state index in [-0.39, 0.29) is 5.91 Å². The first kappa shape index (κ1) is 19.0. The Morgan fingerprint density at radius 1 is 1.13 bits per heavy atom. The summed E-state index contributed by atoms with van der Waals surface area (Å²) in [6, 6.07) is 17.0. The Labute approximate surface area is 182 Å². The molecule has 0 radical (unpaired) electrons. The van der Waals surface area contributed by atoms with Gasteiger partial charge in [0.2, 0.25) is 0 Å². The van der Waals surface area contributed by atoms with Crippen molar-refractivity contribution in [3.63, 3.8) is 0 Å². The van der Waals surface area contributed by atoms with Gasteiger partial charge in [-0.25, -0.2) is 4.68 Å². The molecule has 2 aromatic heterocycles. The van der Waals surface area contributed by atoms with E-state index in [1.165, 1.54) is 0 Å². The fourth-order valence-electron chi connectivity index (χ4n) is 3.54. The third-order valence-electron chi connectivity index (χ3n) is 5.00. The van der Waals surface area contributed by atoms with Gasteiger partial charge in [-0.1, -0.05) is 53.2 Å². The number of para-hydroxylation sites is 1. The summed E-state index contributed by atoms with van der Waals surface area (Å²) in [5.41, 5.74) is 4.37. The monoisotopic (exact) mass is 436 g/mol. The molecule has 0 bridgehead atoms. The Balaban J connectivity index is 1.57. The van der Waals surface area contributed by atoms with Crippen LogP contribution >= 0.6 is 23.4 Å². The summed E-state index contributed by atoms with van der Waals surface area (Å²) in [6.45, 7) is 1.72. The number of nitrogens with one attached hydrogen (secondary N) is 1. The lowest BCUT2D eigenvalue weighted by Gasteiger charge is -2.11. The minimum absolute atomic E-state index is 0.305. The lowest BCUT2D eigenvalue weighted by Crippen LogP contribution is -2.17. The Morgan fingerprint density at radius 3 is 2.70 bits per heavy atom. The van der Waals surface area contributed by atoms with Crippen LogP contribution in [0.4, 0.5) is 5.82 Å². The zero-order valence-electron chi connectivity index (χ0n) is 16.1. The summed E-state index contributed by atoms with van der Waals surface area (Å²) in [6.07, 6.45) is 0. The molecule has 2 aromatic carbocycles. The van der Waals surface area contributed by atoms with Crippen LogP contribution in [-0.2, 0) is 11.5 Å². The molecule has 150 valence electrons. The van der Waals surface area contributed by atoms with E-state index in [2.05, 4.69) is 10.5 Å². The lowest BCUT2D eigenvalue weighted by molar-refractivity contribution is 0.102. The number of hydrogen-bond donors (Lipinski definition) is 1. The predicted molar refractivity (Wildman–Crippen MR) is 118 cm³/mol. The van der Waals surface area contributed by atoms with Crippen LogP contribution in [0.1, 0.15) is 27.4 Å². The molecular formula is C22H17ClN4O2S. The number of benzene rings is 2. The standard InChI is InChI=1S/C22H17ClN4O2S/c1-13-19(20(26-29-13)15-9-5-6-10-17(15)23)22(28)24-21-16-11-30-12-18(16)25-27(21)14-7-3-2-4-8-14/h2-10H,11-12H2,1H3,(H,24,28). The Morgan fingerprint density at radius 2 is 1.90 bits per heavy atom. The highest BCUT2D eigenvalue weighted by atomic mass is 35.5. The van der Waals surface area contributed by atoms with Crippen LogP contribution < -0.4 is 5.32 Å². The number of anilines is 1. The van der Waals surface area contributed by atoms with Crippen molar-refractivity contribution in [1.82, 2.24) is 14.9 Å². The Kier molecular flexibility index (Phi) is 4.84. The third-order valence-corrected chi connectivity index (χ3v) is 6.30. The predicted octanol–water partition coefficient (Wildman–Crippen LogP) is 5.49. The van der Waals surface area contributed by atoms with Crippen LogP contribution in [-0.4, -0.2) is 20.8 Å². The van der Waals surface area contributed by atoms with Gasteiger partial charge in [0.15, 0.2) is 0 Å². The van der Waals surface area contributed by atoms with Crippen molar-refractivity contribution in [1.29, 1.82) is 0 Å². The number of halogens is 1. The molecule has 4 aromatic rings. The van der Waals surface area contributed by atoms with Crippen molar-refractivity contribution in [3.8, 4) is 16.9 Å². The average molecular weight is 437 g/mol. The first-order chi connectivity index (χ1) is 14.6. The van der Waals surface area contributed by atoms with Gasteiger partial charge < -0.3 is 9.84 Å². The van der Waals surface area contributed by atoms with Crippen molar-refractivity contribution in [2.45, 2.75) is 18.4 Å². The second-order valence-corrected chi connectivity index (χ2v) is 8.30. The molecule has 0 spiro atoms. The van der Waals surface area contributed by atoms with Crippen molar-refractivity contribution < 1.29 is 9.32 Å². The molecule has 3 heterocycles. The number of aromatic nitrogens is 3. The molecular weight excluding hydrogens is 420 g/mol. The largest absolute Gasteiger partial charge is 0.360 e. The molecule has 0 saturated carbocycles. The van der Waals surface area contributed by atoms with E-state index in [9.17, 15) is 4.79 Å². The van der Waals surface area contributed by atoms with Gasteiger partial charge in [0.1, 0.15) is 22.8 Å². The van der Waals surface area contributed by atoms with Gasteiger partial charge in [0, 0.05) is 22.6 Å². The summed E-state index contributed by atoms with van der Waals surface area (Å²) < 4.78 is 7.15. The summed E-state index contributed by atoms with van der Waals surface area (Å²) >= 11 is 8.12. The summed E-state index contributed by atoms with van der Waals surface area (Å²) in [5.74, 6) is 2.43. The molecule has 0 aliphatic carbocycles. The van der Waals surface area contributed by atoms with Gasteiger partial charge in [0.05, 0.1) is 16.4 Å². The summed E-state index contributed by atoms with van der Waals surface area (Å²) in [7, 11) is 0. The maximum Gasteiger partial charge on any atom is 0.262 e. The number of fused-ring (bicyclic) bond motifs is 1. The SMILES string of the molecule is Cc1onc(-c2ccccc2Cl)c1C(=O)Nc1c2c(nn1-c1ccccc1)CSC2. The van der Waals surface area contributed by atoms with E-state index in [1.807, 2.05) is 48.5 Å². The third kappa shape index (κ3) is 3.20. The topological polar surface area (TPSA) is 73.0 Å². The van der Waals surface area contributed by atoms with Crippen LogP contribution in [0.25, 0.3) is 16.9 Å². The quantitative estimate of drug-likeness (QED) is 0.458. The molecule has 1 N–H and O–H groups in total. The second kappa shape index (κ2) is 7.66. The van der Waals surface area contributed by atoms with Crippen LogP contribution in [0.2, 0.25) is 5.02 Å². The zero-order valence-corrected chi connectivity index (χ0v) is 17.6. The fraction of sp³-hybridized carbons (Fsp3) is 0.136. The van der Waals surface area contributed by atoms with Gasteiger partial charge in [0.25, 0.3) is 5.91 Å². The van der Waals surface area contributed by atoms with Gasteiger partial charge in [-0.15, -0.1) is 0 Å². The van der Waals surface area contributed by atoms with Crippen LogP contribution in [0.15, 0.2) is 59.1 Å². The number of nitrogens with zero attached hydrogens (tertiary/aromatic N) is 3. The lowest BCUT2D eigenvalue weighted by atomic mass is 10.1. The maximum absolute atomic E-state index is 13.4. The number of amides is 1. The van der Waals surface area contributed by atoms with Crippen molar-refractivity contribution in [2.75, 3.05) is 5.32 Å². The van der Waals surface area contributed by atoms with E-state index >= 15 is 0 Å². The van der Waals surface area contributed by atoms with Crippen LogP contribution in [0.5, 0.6) is 0 Å². The van der Waals surface area contributed by atoms with Crippen molar-refractivity contribution in [2.24, 2.45) is 0 Å². The molecule has 8 heteroatoms. The first-order valence-corrected chi connectivity index (χ1v) is 10.9. The molecule has 1 aliphatic heterocycles. The number of thioether (sulfide) groups is 1. The molecule has 5 rings (SSSR count). The molecule has 1 aliphatic rings. The van der Waals surface area contributed by atoms with Gasteiger partial charge >= 0.3 is 0 Å². The number of rotatable bonds is 4. The molecule has 30 heavy (non-hydrogen) atoms. The highest BCUT2D eigenvalue weighted by molar-refractivity contribution is 7.98. The number of hydrogen-bond acceptors (Lipinski definition) is 5. The van der Waals surface area contributed by atoms with Crippen LogP contribution in [0.3, 0.4) is 0 Å². The van der Waals surface area contributed by atoms with Gasteiger partial charge in [-0.2, -0.15) is 16.9 Å². The minimum atomic E-state index is -0.305. The minimum Gasteiger partial charge on any atom is -0.360 e. The smallest absolute Gasteiger partial charge is 0.262 e. The van der Waals surface area contributed by atoms with E-state index < -0.39 is 0 Å². The molecule has 0 unspecified atom stereocenters.